The first-order valence-electron chi connectivity index (χ1n) is 13.0. The highest BCUT2D eigenvalue weighted by molar-refractivity contribution is 7.18. The van der Waals surface area contributed by atoms with Crippen molar-refractivity contribution < 1.29 is 14.3 Å². The number of carbonyl (C=O) groups excluding carboxylic acids is 2. The molecule has 1 aromatic heterocycles. The number of nitrogens with zero attached hydrogens (tertiary/aromatic N) is 2. The first-order chi connectivity index (χ1) is 17.0. The van der Waals surface area contributed by atoms with Gasteiger partial charge in [-0.1, -0.05) is 32.4 Å². The number of benzene rings is 1. The number of fused-ring (bicyclic) bond motifs is 1. The molecule has 1 aliphatic heterocycles. The van der Waals surface area contributed by atoms with Crippen molar-refractivity contribution in [2.24, 2.45) is 5.92 Å². The Morgan fingerprint density at radius 2 is 2.03 bits per heavy atom. The average molecular weight is 499 g/mol. The minimum Gasteiger partial charge on any atom is -0.379 e. The third-order valence-corrected chi connectivity index (χ3v) is 8.19. The second-order valence-corrected chi connectivity index (χ2v) is 10.8. The zero-order valence-electron chi connectivity index (χ0n) is 20.8. The topological polar surface area (TPSA) is 83.6 Å². The molecular formula is C27H38N4O3S. The van der Waals surface area contributed by atoms with Crippen molar-refractivity contribution in [1.29, 1.82) is 0 Å². The Morgan fingerprint density at radius 1 is 1.26 bits per heavy atom. The number of aromatic nitrogens is 1. The minimum absolute atomic E-state index is 0.0248. The molecule has 1 saturated heterocycles. The monoisotopic (exact) mass is 498 g/mol. The maximum atomic E-state index is 12.9. The second-order valence-electron chi connectivity index (χ2n) is 9.68. The summed E-state index contributed by atoms with van der Waals surface area (Å²) in [5, 5.41) is 7.25. The number of ether oxygens (including phenoxy) is 1. The fraction of sp³-hybridized carbons (Fsp3) is 0.593. The molecular weight excluding hydrogens is 460 g/mol. The summed E-state index contributed by atoms with van der Waals surface area (Å²) >= 11 is 1.67. The van der Waals surface area contributed by atoms with Crippen LogP contribution in [0.4, 0.5) is 0 Å². The molecule has 2 heterocycles. The van der Waals surface area contributed by atoms with Gasteiger partial charge in [-0.05, 0) is 42.9 Å². The normalized spacial score (nSPS) is 18.0. The Balaban J connectivity index is 1.27. The lowest BCUT2D eigenvalue weighted by atomic mass is 9.97. The molecule has 8 heteroatoms. The van der Waals surface area contributed by atoms with Crippen LogP contribution in [0.2, 0.25) is 0 Å². The zero-order chi connectivity index (χ0) is 24.6. The highest BCUT2D eigenvalue weighted by atomic mass is 32.1. The largest absolute Gasteiger partial charge is 0.379 e. The van der Waals surface area contributed by atoms with Crippen molar-refractivity contribution in [1.82, 2.24) is 20.5 Å². The van der Waals surface area contributed by atoms with Crippen LogP contribution in [-0.2, 0) is 27.2 Å². The van der Waals surface area contributed by atoms with Gasteiger partial charge < -0.3 is 15.4 Å². The Hall–Kier alpha value is -2.29. The summed E-state index contributed by atoms with van der Waals surface area (Å²) in [4.78, 5) is 32.4. The number of hydrogen-bond acceptors (Lipinski definition) is 6. The Bertz CT molecular complexity index is 1020. The second kappa shape index (κ2) is 12.6. The van der Waals surface area contributed by atoms with Crippen LogP contribution in [-0.4, -0.2) is 67.1 Å². The van der Waals surface area contributed by atoms with Gasteiger partial charge in [0.1, 0.15) is 0 Å². The molecule has 0 spiro atoms. The van der Waals surface area contributed by atoms with E-state index in [4.69, 9.17) is 9.72 Å². The molecule has 2 aliphatic rings. The average Bonchev–Trinajstić information content (AvgIpc) is 3.55. The van der Waals surface area contributed by atoms with Crippen LogP contribution < -0.4 is 10.6 Å². The molecule has 2 N–H and O–H groups in total. The first-order valence-corrected chi connectivity index (χ1v) is 13.8. The smallest absolute Gasteiger partial charge is 0.247 e. The van der Waals surface area contributed by atoms with Gasteiger partial charge in [-0.2, -0.15) is 0 Å². The summed E-state index contributed by atoms with van der Waals surface area (Å²) < 4.78 is 6.56. The van der Waals surface area contributed by atoms with Gasteiger partial charge in [0.15, 0.2) is 0 Å². The van der Waals surface area contributed by atoms with Crippen LogP contribution in [0.25, 0.3) is 10.2 Å². The fourth-order valence-electron chi connectivity index (χ4n) is 4.97. The van der Waals surface area contributed by atoms with E-state index in [0.29, 0.717) is 50.6 Å². The summed E-state index contributed by atoms with van der Waals surface area (Å²) in [5.41, 5.74) is 2.87. The van der Waals surface area contributed by atoms with E-state index in [0.717, 1.165) is 42.9 Å². The van der Waals surface area contributed by atoms with Gasteiger partial charge >= 0.3 is 0 Å². The molecule has 0 radical (unpaired) electrons. The molecule has 1 aliphatic carbocycles. The fourth-order valence-corrected chi connectivity index (χ4v) is 6.00. The van der Waals surface area contributed by atoms with Gasteiger partial charge in [0.25, 0.3) is 0 Å². The van der Waals surface area contributed by atoms with Crippen LogP contribution >= 0.6 is 11.3 Å². The molecule has 1 unspecified atom stereocenters. The highest BCUT2D eigenvalue weighted by Gasteiger charge is 2.27. The van der Waals surface area contributed by atoms with Crippen molar-refractivity contribution in [3.8, 4) is 0 Å². The SMILES string of the molecule is C=C(CN1CCOCC1)C(=O)NCC(NC(=O)CCc1nc2ccc(CC)cc2s1)C1CCCC1. The van der Waals surface area contributed by atoms with Crippen molar-refractivity contribution in [2.45, 2.75) is 57.9 Å². The third kappa shape index (κ3) is 7.35. The van der Waals surface area contributed by atoms with E-state index in [9.17, 15) is 9.59 Å². The van der Waals surface area contributed by atoms with Crippen molar-refractivity contribution in [2.75, 3.05) is 39.4 Å². The lowest BCUT2D eigenvalue weighted by Gasteiger charge is -2.28. The first kappa shape index (κ1) is 25.8. The number of amides is 2. The van der Waals surface area contributed by atoms with Crippen molar-refractivity contribution in [3.05, 3.63) is 40.9 Å². The maximum absolute atomic E-state index is 12.9. The Kier molecular flexibility index (Phi) is 9.29. The van der Waals surface area contributed by atoms with Crippen LogP contribution in [0, 0.1) is 5.92 Å². The van der Waals surface area contributed by atoms with E-state index in [-0.39, 0.29) is 17.9 Å². The van der Waals surface area contributed by atoms with E-state index in [2.05, 4.69) is 47.2 Å². The number of nitrogens with one attached hydrogen (secondary N) is 2. The minimum atomic E-state index is -0.130. The van der Waals surface area contributed by atoms with E-state index in [1.54, 1.807) is 11.3 Å². The van der Waals surface area contributed by atoms with Crippen LogP contribution in [0.3, 0.4) is 0 Å². The van der Waals surface area contributed by atoms with E-state index >= 15 is 0 Å². The van der Waals surface area contributed by atoms with Crippen molar-refractivity contribution >= 4 is 33.4 Å². The number of morpholine rings is 1. The Morgan fingerprint density at radius 3 is 2.77 bits per heavy atom. The molecule has 1 saturated carbocycles. The lowest BCUT2D eigenvalue weighted by Crippen LogP contribution is -2.48. The lowest BCUT2D eigenvalue weighted by molar-refractivity contribution is -0.123. The van der Waals surface area contributed by atoms with E-state index < -0.39 is 0 Å². The van der Waals surface area contributed by atoms with Gasteiger partial charge in [-0.25, -0.2) is 4.98 Å². The number of hydrogen-bond donors (Lipinski definition) is 2. The standard InChI is InChI=1S/C27H38N4O3S/c1-3-20-8-9-22-24(16-20)35-26(30-22)11-10-25(32)29-23(21-6-4-5-7-21)17-28-27(33)19(2)18-31-12-14-34-15-13-31/h8-9,16,21,23H,2-7,10-15,17-18H2,1H3,(H,28,33)(H,29,32). The van der Waals surface area contributed by atoms with Crippen LogP contribution in [0.1, 0.15) is 49.6 Å². The maximum Gasteiger partial charge on any atom is 0.247 e. The molecule has 7 nitrogen and oxygen atoms in total. The summed E-state index contributed by atoms with van der Waals surface area (Å²) in [7, 11) is 0. The predicted octanol–water partition coefficient (Wildman–Crippen LogP) is 3.47. The van der Waals surface area contributed by atoms with Gasteiger partial charge in [0.05, 0.1) is 28.4 Å². The summed E-state index contributed by atoms with van der Waals surface area (Å²) in [6, 6.07) is 6.34. The molecule has 2 fully saturated rings. The van der Waals surface area contributed by atoms with Crippen LogP contribution in [0.5, 0.6) is 0 Å². The molecule has 2 amide bonds. The number of carbonyl (C=O) groups is 2. The summed E-state index contributed by atoms with van der Waals surface area (Å²) in [5.74, 6) is 0.299. The van der Waals surface area contributed by atoms with Crippen LogP contribution in [0.15, 0.2) is 30.4 Å². The predicted molar refractivity (Wildman–Crippen MR) is 141 cm³/mol. The number of aryl methyl sites for hydroxylation is 2. The zero-order valence-corrected chi connectivity index (χ0v) is 21.6. The molecule has 1 atom stereocenters. The summed E-state index contributed by atoms with van der Waals surface area (Å²) in [6.07, 6.45) is 6.58. The van der Waals surface area contributed by atoms with Gasteiger partial charge in [0.2, 0.25) is 11.8 Å². The molecule has 1 aromatic carbocycles. The van der Waals surface area contributed by atoms with E-state index in [1.807, 2.05) is 0 Å². The third-order valence-electron chi connectivity index (χ3n) is 7.11. The molecule has 4 rings (SSSR count). The van der Waals surface area contributed by atoms with Gasteiger partial charge in [-0.15, -0.1) is 11.3 Å². The van der Waals surface area contributed by atoms with Crippen molar-refractivity contribution in [3.63, 3.8) is 0 Å². The Labute approximate surface area is 212 Å². The molecule has 0 bridgehead atoms. The van der Waals surface area contributed by atoms with Gasteiger partial charge in [0, 0.05) is 50.6 Å². The highest BCUT2D eigenvalue weighted by Crippen LogP contribution is 2.28. The summed E-state index contributed by atoms with van der Waals surface area (Å²) in [6.45, 7) is 10.2. The van der Waals surface area contributed by atoms with Gasteiger partial charge in [-0.3, -0.25) is 14.5 Å². The molecule has 35 heavy (non-hydrogen) atoms. The molecule has 190 valence electrons. The quantitative estimate of drug-likeness (QED) is 0.464. The molecule has 2 aromatic rings. The van der Waals surface area contributed by atoms with E-state index in [1.165, 1.54) is 23.1 Å². The number of thiazole rings is 1. The number of rotatable bonds is 11.